The minimum Gasteiger partial charge on any atom is -0.494 e. The Balaban J connectivity index is 1.27. The fourth-order valence-electron chi connectivity index (χ4n) is 3.69. The molecule has 10 heteroatoms. The van der Waals surface area contributed by atoms with E-state index >= 15 is 0 Å². The van der Waals surface area contributed by atoms with E-state index < -0.39 is 23.7 Å². The molecule has 0 aliphatic rings. The summed E-state index contributed by atoms with van der Waals surface area (Å²) in [6.45, 7) is 2.40. The van der Waals surface area contributed by atoms with Gasteiger partial charge in [-0.3, -0.25) is 14.4 Å². The molecular weight excluding hydrogens is 548 g/mol. The molecule has 10 nitrogen and oxygen atoms in total. The van der Waals surface area contributed by atoms with Crippen LogP contribution in [0.1, 0.15) is 28.4 Å². The van der Waals surface area contributed by atoms with Gasteiger partial charge in [-0.1, -0.05) is 42.5 Å². The predicted octanol–water partition coefficient (Wildman–Crippen LogP) is 5.05. The quantitative estimate of drug-likeness (QED) is 0.0604. The Morgan fingerprint density at radius 2 is 1.40 bits per heavy atom. The van der Waals surface area contributed by atoms with Gasteiger partial charge in [0.15, 0.2) is 0 Å². The third-order valence-corrected chi connectivity index (χ3v) is 5.74. The summed E-state index contributed by atoms with van der Waals surface area (Å²) in [6.07, 6.45) is 4.31. The highest BCUT2D eigenvalue weighted by Gasteiger charge is 2.18. The molecule has 0 fully saturated rings. The van der Waals surface area contributed by atoms with Crippen molar-refractivity contribution in [1.82, 2.24) is 5.43 Å². The number of benzene rings is 4. The van der Waals surface area contributed by atoms with Crippen LogP contribution in [0.25, 0.3) is 6.08 Å². The molecule has 0 bridgehead atoms. The summed E-state index contributed by atoms with van der Waals surface area (Å²) in [5.74, 6) is -2.04. The van der Waals surface area contributed by atoms with Crippen molar-refractivity contribution in [2.24, 2.45) is 5.10 Å². The summed E-state index contributed by atoms with van der Waals surface area (Å²) in [7, 11) is 0. The van der Waals surface area contributed by atoms with Gasteiger partial charge in [-0.25, -0.2) is 10.2 Å². The Bertz CT molecular complexity index is 1630. The van der Waals surface area contributed by atoms with E-state index in [2.05, 4.69) is 21.2 Å². The van der Waals surface area contributed by atoms with E-state index in [1.165, 1.54) is 24.4 Å². The van der Waals surface area contributed by atoms with Gasteiger partial charge in [-0.2, -0.15) is 5.10 Å². The summed E-state index contributed by atoms with van der Waals surface area (Å²) in [5.41, 5.74) is 4.45. The molecule has 3 amide bonds. The standard InChI is InChI=1S/C33H28N4O6/c1-2-42-26-19-15-25(16-20-26)35-31(39)28-10-6-7-11-29(28)36-32(40)33(41)37-34-22-24-12-17-27(18-13-24)43-30(38)21-14-23-8-4-3-5-9-23/h3-22H,2H2,1H3,(H,35,39)(H,36,40)(H,37,41)/b21-14+,34-22-. The van der Waals surface area contributed by atoms with Crippen molar-refractivity contribution >= 4 is 47.4 Å². The highest BCUT2D eigenvalue weighted by Crippen LogP contribution is 2.20. The third kappa shape index (κ3) is 9.25. The van der Waals surface area contributed by atoms with Gasteiger partial charge in [0.1, 0.15) is 11.5 Å². The minimum atomic E-state index is -1.03. The van der Waals surface area contributed by atoms with E-state index in [0.717, 1.165) is 5.56 Å². The largest absolute Gasteiger partial charge is 0.494 e. The van der Waals surface area contributed by atoms with Crippen molar-refractivity contribution in [3.63, 3.8) is 0 Å². The monoisotopic (exact) mass is 576 g/mol. The van der Waals surface area contributed by atoms with Crippen LogP contribution in [0.4, 0.5) is 11.4 Å². The van der Waals surface area contributed by atoms with E-state index in [0.29, 0.717) is 29.4 Å². The lowest BCUT2D eigenvalue weighted by Gasteiger charge is -2.11. The average Bonchev–Trinajstić information content (AvgIpc) is 3.02. The normalized spacial score (nSPS) is 10.7. The van der Waals surface area contributed by atoms with E-state index in [1.54, 1.807) is 66.7 Å². The van der Waals surface area contributed by atoms with E-state index in [1.807, 2.05) is 37.3 Å². The molecule has 0 saturated carbocycles. The van der Waals surface area contributed by atoms with Crippen molar-refractivity contribution in [2.45, 2.75) is 6.92 Å². The molecule has 4 aromatic carbocycles. The topological polar surface area (TPSA) is 135 Å². The Hall–Kier alpha value is -6.03. The van der Waals surface area contributed by atoms with Crippen LogP contribution in [-0.4, -0.2) is 36.5 Å². The Labute approximate surface area is 248 Å². The number of amides is 3. The van der Waals surface area contributed by atoms with Gasteiger partial charge in [-0.15, -0.1) is 0 Å². The molecule has 0 aliphatic heterocycles. The van der Waals surface area contributed by atoms with Crippen LogP contribution in [0, 0.1) is 0 Å². The molecule has 0 radical (unpaired) electrons. The second-order valence-electron chi connectivity index (χ2n) is 8.84. The smallest absolute Gasteiger partial charge is 0.336 e. The zero-order valence-corrected chi connectivity index (χ0v) is 23.2. The van der Waals surface area contributed by atoms with Crippen LogP contribution in [0.2, 0.25) is 0 Å². The van der Waals surface area contributed by atoms with Crippen LogP contribution in [0.15, 0.2) is 114 Å². The average molecular weight is 577 g/mol. The Kier molecular flexibility index (Phi) is 10.5. The Morgan fingerprint density at radius 3 is 2.12 bits per heavy atom. The minimum absolute atomic E-state index is 0.152. The number of rotatable bonds is 10. The number of esters is 1. The molecule has 43 heavy (non-hydrogen) atoms. The molecule has 0 atom stereocenters. The summed E-state index contributed by atoms with van der Waals surface area (Å²) < 4.78 is 10.7. The fraction of sp³-hybridized carbons (Fsp3) is 0.0606. The van der Waals surface area contributed by atoms with Crippen LogP contribution in [-0.2, 0) is 14.4 Å². The lowest BCUT2D eigenvalue weighted by atomic mass is 10.1. The van der Waals surface area contributed by atoms with Gasteiger partial charge in [0.05, 0.1) is 24.1 Å². The van der Waals surface area contributed by atoms with Crippen LogP contribution in [0.3, 0.4) is 0 Å². The second-order valence-corrected chi connectivity index (χ2v) is 8.84. The number of carbonyl (C=O) groups is 4. The third-order valence-electron chi connectivity index (χ3n) is 5.74. The molecule has 0 heterocycles. The highest BCUT2D eigenvalue weighted by molar-refractivity contribution is 6.40. The number of para-hydroxylation sites is 1. The predicted molar refractivity (Wildman–Crippen MR) is 164 cm³/mol. The summed E-state index contributed by atoms with van der Waals surface area (Å²) in [4.78, 5) is 49.7. The molecule has 4 rings (SSSR count). The zero-order chi connectivity index (χ0) is 30.4. The number of hydrazone groups is 1. The van der Waals surface area contributed by atoms with E-state index in [4.69, 9.17) is 9.47 Å². The van der Waals surface area contributed by atoms with Crippen LogP contribution < -0.4 is 25.5 Å². The number of anilines is 2. The highest BCUT2D eigenvalue weighted by atomic mass is 16.5. The van der Waals surface area contributed by atoms with Gasteiger partial charge in [0.25, 0.3) is 5.91 Å². The SMILES string of the molecule is CCOc1ccc(NC(=O)c2ccccc2NC(=O)C(=O)N/N=C\c2ccc(OC(=O)/C=C/c3ccccc3)cc2)cc1. The summed E-state index contributed by atoms with van der Waals surface area (Å²) in [5, 5.41) is 8.99. The maximum atomic E-state index is 12.9. The van der Waals surface area contributed by atoms with Gasteiger partial charge in [0.2, 0.25) is 0 Å². The fourth-order valence-corrected chi connectivity index (χ4v) is 3.69. The first kappa shape index (κ1) is 29.9. The first-order valence-corrected chi connectivity index (χ1v) is 13.2. The van der Waals surface area contributed by atoms with Gasteiger partial charge < -0.3 is 20.1 Å². The number of hydrogen-bond acceptors (Lipinski definition) is 7. The second kappa shape index (κ2) is 15.1. The molecule has 4 aromatic rings. The number of ether oxygens (including phenoxy) is 2. The maximum Gasteiger partial charge on any atom is 0.336 e. The lowest BCUT2D eigenvalue weighted by molar-refractivity contribution is -0.136. The number of hydrogen-bond donors (Lipinski definition) is 3. The molecule has 0 aromatic heterocycles. The van der Waals surface area contributed by atoms with Crippen molar-refractivity contribution < 1.29 is 28.7 Å². The molecule has 0 unspecified atom stereocenters. The van der Waals surface area contributed by atoms with Crippen LogP contribution in [0.5, 0.6) is 11.5 Å². The molecule has 0 spiro atoms. The van der Waals surface area contributed by atoms with Crippen LogP contribution >= 0.6 is 0 Å². The number of carbonyl (C=O) groups excluding carboxylic acids is 4. The first-order chi connectivity index (χ1) is 20.9. The van der Waals surface area contributed by atoms with E-state index in [9.17, 15) is 19.2 Å². The number of nitrogens with zero attached hydrogens (tertiary/aromatic N) is 1. The first-order valence-electron chi connectivity index (χ1n) is 13.2. The van der Waals surface area contributed by atoms with E-state index in [-0.39, 0.29) is 11.3 Å². The Morgan fingerprint density at radius 1 is 0.721 bits per heavy atom. The molecule has 0 aliphatic carbocycles. The lowest BCUT2D eigenvalue weighted by Crippen LogP contribution is -2.33. The van der Waals surface area contributed by atoms with Gasteiger partial charge in [-0.05, 0) is 84.8 Å². The van der Waals surface area contributed by atoms with Gasteiger partial charge in [0, 0.05) is 11.8 Å². The van der Waals surface area contributed by atoms with Gasteiger partial charge >= 0.3 is 17.8 Å². The molecule has 3 N–H and O–H groups in total. The van der Waals surface area contributed by atoms with Crippen molar-refractivity contribution in [3.8, 4) is 11.5 Å². The molecule has 216 valence electrons. The van der Waals surface area contributed by atoms with Crippen molar-refractivity contribution in [2.75, 3.05) is 17.2 Å². The maximum absolute atomic E-state index is 12.9. The molecule has 0 saturated heterocycles. The number of nitrogens with one attached hydrogen (secondary N) is 3. The molecular formula is C33H28N4O6. The summed E-state index contributed by atoms with van der Waals surface area (Å²) in [6, 6.07) is 28.9. The zero-order valence-electron chi connectivity index (χ0n) is 23.2. The van der Waals surface area contributed by atoms with Crippen molar-refractivity contribution in [3.05, 3.63) is 126 Å². The summed E-state index contributed by atoms with van der Waals surface area (Å²) >= 11 is 0. The van der Waals surface area contributed by atoms with Crippen molar-refractivity contribution in [1.29, 1.82) is 0 Å².